The second kappa shape index (κ2) is 5.44. The van der Waals surface area contributed by atoms with Gasteiger partial charge in [0.05, 0.1) is 6.04 Å². The van der Waals surface area contributed by atoms with Crippen molar-refractivity contribution in [3.63, 3.8) is 0 Å². The summed E-state index contributed by atoms with van der Waals surface area (Å²) in [5.74, 6) is 0.0525. The molecule has 5 heteroatoms. The van der Waals surface area contributed by atoms with Crippen LogP contribution in [0, 0.1) is 0 Å². The molecule has 2 aromatic heterocycles. The van der Waals surface area contributed by atoms with Gasteiger partial charge in [-0.1, -0.05) is 18.2 Å². The van der Waals surface area contributed by atoms with Gasteiger partial charge in [-0.05, 0) is 29.3 Å². The summed E-state index contributed by atoms with van der Waals surface area (Å²) in [5, 5.41) is 5.83. The lowest BCUT2D eigenvalue weighted by atomic mass is 10.1. The molecule has 2 N–H and O–H groups in total. The molecule has 0 bridgehead atoms. The van der Waals surface area contributed by atoms with Crippen LogP contribution in [0.1, 0.15) is 34.0 Å². The number of carbonyl (C=O) groups excluding carboxylic acids is 1. The predicted octanol–water partition coefficient (Wildman–Crippen LogP) is 3.80. The van der Waals surface area contributed by atoms with E-state index in [0.29, 0.717) is 12.1 Å². The fraction of sp³-hybridized carbons (Fsp3) is 0.200. The van der Waals surface area contributed by atoms with Gasteiger partial charge in [0.15, 0.2) is 5.78 Å². The van der Waals surface area contributed by atoms with Crippen LogP contribution in [0.25, 0.3) is 10.1 Å². The van der Waals surface area contributed by atoms with E-state index in [4.69, 9.17) is 5.73 Å². The minimum Gasteiger partial charge on any atom is -0.322 e. The van der Waals surface area contributed by atoms with E-state index in [1.165, 1.54) is 16.0 Å². The first-order chi connectivity index (χ1) is 9.65. The SMILES string of the molecule is CC(N)c1nc(C(=O)Cc2csc3ccccc23)cs1. The first kappa shape index (κ1) is 13.4. The first-order valence-corrected chi connectivity index (χ1v) is 8.10. The summed E-state index contributed by atoms with van der Waals surface area (Å²) in [4.78, 5) is 16.6. The van der Waals surface area contributed by atoms with Crippen molar-refractivity contribution in [3.8, 4) is 0 Å². The molecular weight excluding hydrogens is 288 g/mol. The molecule has 0 saturated heterocycles. The molecule has 3 nitrogen and oxygen atoms in total. The number of benzene rings is 1. The van der Waals surface area contributed by atoms with Gasteiger partial charge in [-0.3, -0.25) is 4.79 Å². The van der Waals surface area contributed by atoms with Gasteiger partial charge in [0.1, 0.15) is 10.7 Å². The van der Waals surface area contributed by atoms with E-state index in [1.807, 2.05) is 19.1 Å². The van der Waals surface area contributed by atoms with Crippen LogP contribution in [0.15, 0.2) is 35.0 Å². The molecule has 0 spiro atoms. The van der Waals surface area contributed by atoms with Crippen molar-refractivity contribution in [1.29, 1.82) is 0 Å². The molecule has 3 rings (SSSR count). The summed E-state index contributed by atoms with van der Waals surface area (Å²) in [6.07, 6.45) is 0.395. The van der Waals surface area contributed by atoms with Crippen molar-refractivity contribution in [2.75, 3.05) is 0 Å². The molecule has 0 aliphatic heterocycles. The molecule has 1 atom stereocenters. The number of hydrogen-bond acceptors (Lipinski definition) is 5. The molecule has 0 saturated carbocycles. The second-order valence-corrected chi connectivity index (χ2v) is 6.52. The summed E-state index contributed by atoms with van der Waals surface area (Å²) in [6, 6.07) is 8.02. The molecule has 0 fully saturated rings. The highest BCUT2D eigenvalue weighted by Crippen LogP contribution is 2.27. The highest BCUT2D eigenvalue weighted by molar-refractivity contribution is 7.17. The van der Waals surface area contributed by atoms with Crippen LogP contribution in [0.4, 0.5) is 0 Å². The van der Waals surface area contributed by atoms with Gasteiger partial charge in [0.25, 0.3) is 0 Å². The van der Waals surface area contributed by atoms with Crippen LogP contribution in [0.3, 0.4) is 0 Å². The number of carbonyl (C=O) groups is 1. The third-order valence-electron chi connectivity index (χ3n) is 3.11. The number of nitrogens with zero attached hydrogens (tertiary/aromatic N) is 1. The molecule has 20 heavy (non-hydrogen) atoms. The van der Waals surface area contributed by atoms with E-state index in [1.54, 1.807) is 16.7 Å². The number of nitrogens with two attached hydrogens (primary N) is 1. The third kappa shape index (κ3) is 2.52. The van der Waals surface area contributed by atoms with Crippen molar-refractivity contribution >= 4 is 38.5 Å². The first-order valence-electron chi connectivity index (χ1n) is 6.34. The van der Waals surface area contributed by atoms with Crippen LogP contribution in [0.2, 0.25) is 0 Å². The molecule has 0 aliphatic carbocycles. The molecule has 0 aliphatic rings. The van der Waals surface area contributed by atoms with Crippen LogP contribution in [-0.4, -0.2) is 10.8 Å². The molecule has 0 radical (unpaired) electrons. The van der Waals surface area contributed by atoms with Gasteiger partial charge < -0.3 is 5.73 Å². The van der Waals surface area contributed by atoms with E-state index in [9.17, 15) is 4.79 Å². The number of rotatable bonds is 4. The topological polar surface area (TPSA) is 56.0 Å². The molecule has 1 aromatic carbocycles. The Labute approximate surface area is 125 Å². The van der Waals surface area contributed by atoms with Crippen LogP contribution in [-0.2, 0) is 6.42 Å². The third-order valence-corrected chi connectivity index (χ3v) is 5.17. The van der Waals surface area contributed by atoms with Gasteiger partial charge in [0, 0.05) is 16.5 Å². The van der Waals surface area contributed by atoms with Crippen molar-refractivity contribution in [2.24, 2.45) is 5.73 Å². The van der Waals surface area contributed by atoms with E-state index in [0.717, 1.165) is 16.0 Å². The maximum absolute atomic E-state index is 12.3. The van der Waals surface area contributed by atoms with Gasteiger partial charge in [-0.2, -0.15) is 0 Å². The Morgan fingerprint density at radius 1 is 1.30 bits per heavy atom. The van der Waals surface area contributed by atoms with E-state index >= 15 is 0 Å². The van der Waals surface area contributed by atoms with Crippen LogP contribution in [0.5, 0.6) is 0 Å². The van der Waals surface area contributed by atoms with Crippen molar-refractivity contribution in [2.45, 2.75) is 19.4 Å². The lowest BCUT2D eigenvalue weighted by Gasteiger charge is -1.99. The molecule has 0 amide bonds. The summed E-state index contributed by atoms with van der Waals surface area (Å²) in [7, 11) is 0. The highest BCUT2D eigenvalue weighted by Gasteiger charge is 2.15. The van der Waals surface area contributed by atoms with Crippen LogP contribution < -0.4 is 5.73 Å². The summed E-state index contributed by atoms with van der Waals surface area (Å²) in [6.45, 7) is 1.87. The number of thiazole rings is 1. The zero-order chi connectivity index (χ0) is 14.1. The number of ketones is 1. The van der Waals surface area contributed by atoms with Crippen molar-refractivity contribution < 1.29 is 4.79 Å². The minimum atomic E-state index is -0.122. The smallest absolute Gasteiger partial charge is 0.186 e. The monoisotopic (exact) mass is 302 g/mol. The quantitative estimate of drug-likeness (QED) is 0.746. The number of hydrogen-bond donors (Lipinski definition) is 1. The van der Waals surface area contributed by atoms with Crippen LogP contribution >= 0.6 is 22.7 Å². The lowest BCUT2D eigenvalue weighted by Crippen LogP contribution is -2.07. The zero-order valence-electron chi connectivity index (χ0n) is 11.0. The fourth-order valence-electron chi connectivity index (χ4n) is 2.06. The standard InChI is InChI=1S/C15H14N2OS2/c1-9(16)15-17-12(8-20-15)13(18)6-10-7-19-14-5-3-2-4-11(10)14/h2-5,7-9H,6,16H2,1H3. The predicted molar refractivity (Wildman–Crippen MR) is 84.6 cm³/mol. The highest BCUT2D eigenvalue weighted by atomic mass is 32.1. The van der Waals surface area contributed by atoms with E-state index in [2.05, 4.69) is 22.5 Å². The average molecular weight is 302 g/mol. The molecule has 2 heterocycles. The van der Waals surface area contributed by atoms with Gasteiger partial charge in [-0.25, -0.2) is 4.98 Å². The fourth-order valence-corrected chi connectivity index (χ4v) is 3.80. The largest absolute Gasteiger partial charge is 0.322 e. The Morgan fingerprint density at radius 3 is 2.85 bits per heavy atom. The van der Waals surface area contributed by atoms with Gasteiger partial charge in [0.2, 0.25) is 0 Å². The average Bonchev–Trinajstić information content (AvgIpc) is 3.06. The summed E-state index contributed by atoms with van der Waals surface area (Å²) in [5.41, 5.74) is 7.38. The summed E-state index contributed by atoms with van der Waals surface area (Å²) < 4.78 is 1.21. The molecular formula is C15H14N2OS2. The second-order valence-electron chi connectivity index (χ2n) is 4.72. The maximum Gasteiger partial charge on any atom is 0.186 e. The Balaban J connectivity index is 1.85. The minimum absolute atomic E-state index is 0.0525. The Bertz CT molecular complexity index is 758. The molecule has 3 aromatic rings. The number of Topliss-reactive ketones (excluding diaryl/α,β-unsaturated/α-hetero) is 1. The Morgan fingerprint density at radius 2 is 2.10 bits per heavy atom. The number of fused-ring (bicyclic) bond motifs is 1. The van der Waals surface area contributed by atoms with Gasteiger partial charge in [-0.15, -0.1) is 22.7 Å². The Hall–Kier alpha value is -1.56. The lowest BCUT2D eigenvalue weighted by molar-refractivity contribution is 0.0989. The number of aromatic nitrogens is 1. The number of thiophene rings is 1. The van der Waals surface area contributed by atoms with E-state index < -0.39 is 0 Å². The van der Waals surface area contributed by atoms with Crippen molar-refractivity contribution in [3.05, 3.63) is 51.3 Å². The van der Waals surface area contributed by atoms with Gasteiger partial charge >= 0.3 is 0 Å². The zero-order valence-corrected chi connectivity index (χ0v) is 12.6. The van der Waals surface area contributed by atoms with E-state index in [-0.39, 0.29) is 11.8 Å². The summed E-state index contributed by atoms with van der Waals surface area (Å²) >= 11 is 3.12. The normalized spacial score (nSPS) is 12.7. The van der Waals surface area contributed by atoms with Crippen molar-refractivity contribution in [1.82, 2.24) is 4.98 Å². The molecule has 102 valence electrons. The molecule has 1 unspecified atom stereocenters. The maximum atomic E-state index is 12.3. The Kier molecular flexibility index (Phi) is 3.65.